The molecular weight excluding hydrogens is 236 g/mol. The first-order chi connectivity index (χ1) is 8.75. The Hall–Kier alpha value is -1.66. The highest BCUT2D eigenvalue weighted by Gasteiger charge is 2.27. The van der Waals surface area contributed by atoms with Crippen molar-refractivity contribution in [2.45, 2.75) is 6.29 Å². The van der Waals surface area contributed by atoms with Crippen LogP contribution in [0.5, 0.6) is 17.2 Å². The quantitative estimate of drug-likeness (QED) is 0.647. The van der Waals surface area contributed by atoms with Gasteiger partial charge in [0.1, 0.15) is 11.4 Å². The Balaban J connectivity index is 2.01. The zero-order valence-electron chi connectivity index (χ0n) is 9.93. The fraction of sp³-hybridized carbons (Fsp3) is 0.500. The molecule has 0 amide bonds. The molecule has 1 saturated heterocycles. The van der Waals surface area contributed by atoms with Crippen LogP contribution in [0.25, 0.3) is 0 Å². The van der Waals surface area contributed by atoms with Crippen molar-refractivity contribution in [1.29, 1.82) is 0 Å². The van der Waals surface area contributed by atoms with Crippen molar-refractivity contribution in [3.8, 4) is 17.2 Å². The molecule has 2 aliphatic rings. The minimum Gasteiger partial charge on any atom is -0.506 e. The number of anilines is 1. The molecule has 6 nitrogen and oxygen atoms in total. The molecule has 0 aliphatic carbocycles. The highest BCUT2D eigenvalue weighted by Crippen LogP contribution is 2.46. The average molecular weight is 252 g/mol. The fourth-order valence-electron chi connectivity index (χ4n) is 2.29. The molecule has 1 atom stereocenters. The van der Waals surface area contributed by atoms with Crippen LogP contribution >= 0.6 is 0 Å². The molecule has 6 heteroatoms. The van der Waals surface area contributed by atoms with Crippen LogP contribution < -0.4 is 19.7 Å². The first kappa shape index (κ1) is 11.4. The van der Waals surface area contributed by atoms with Crippen molar-refractivity contribution >= 4 is 5.69 Å². The summed E-state index contributed by atoms with van der Waals surface area (Å²) in [4.78, 5) is 2.03. The maximum atomic E-state index is 10.0. The van der Waals surface area contributed by atoms with Crippen LogP contribution in [0.4, 0.5) is 5.69 Å². The number of aliphatic hydroxyl groups excluding tert-OH is 1. The fourth-order valence-corrected chi connectivity index (χ4v) is 2.29. The van der Waals surface area contributed by atoms with Gasteiger partial charge in [0.25, 0.3) is 0 Å². The number of fused-ring (bicyclic) bond motifs is 1. The molecular formula is C12H16N2O4. The van der Waals surface area contributed by atoms with Gasteiger partial charge in [-0.1, -0.05) is 0 Å². The van der Waals surface area contributed by atoms with Crippen LogP contribution in [0.3, 0.4) is 0 Å². The summed E-state index contributed by atoms with van der Waals surface area (Å²) < 4.78 is 10.8. The number of phenols is 1. The van der Waals surface area contributed by atoms with Gasteiger partial charge >= 0.3 is 0 Å². The second-order valence-corrected chi connectivity index (χ2v) is 4.38. The van der Waals surface area contributed by atoms with E-state index in [4.69, 9.17) is 9.47 Å². The molecule has 0 aromatic heterocycles. The van der Waals surface area contributed by atoms with E-state index in [0.29, 0.717) is 17.2 Å². The third-order valence-electron chi connectivity index (χ3n) is 3.14. The molecule has 3 N–H and O–H groups in total. The number of rotatable bonds is 1. The molecule has 1 aromatic rings. The molecule has 2 heterocycles. The molecule has 1 fully saturated rings. The van der Waals surface area contributed by atoms with E-state index in [1.54, 1.807) is 12.1 Å². The van der Waals surface area contributed by atoms with Crippen molar-refractivity contribution in [2.24, 2.45) is 0 Å². The number of hydrogen-bond donors (Lipinski definition) is 3. The summed E-state index contributed by atoms with van der Waals surface area (Å²) in [7, 11) is 0. The molecule has 0 bridgehead atoms. The van der Waals surface area contributed by atoms with Gasteiger partial charge in [-0.25, -0.2) is 0 Å². The van der Waals surface area contributed by atoms with E-state index >= 15 is 0 Å². The second kappa shape index (κ2) is 4.55. The topological polar surface area (TPSA) is 74.2 Å². The standard InChI is InChI=1S/C12H16N2O4/c15-8-1-2-9-12(18-10(16)7-17-9)11(8)14-5-3-13-4-6-14/h1-2,10,13,15-16H,3-7H2. The summed E-state index contributed by atoms with van der Waals surface area (Å²) in [6, 6.07) is 3.25. The van der Waals surface area contributed by atoms with Crippen LogP contribution in [-0.2, 0) is 0 Å². The lowest BCUT2D eigenvalue weighted by Crippen LogP contribution is -2.44. The van der Waals surface area contributed by atoms with Gasteiger partial charge < -0.3 is 29.9 Å². The Kier molecular flexibility index (Phi) is 2.89. The summed E-state index contributed by atoms with van der Waals surface area (Å²) in [6.07, 6.45) is -0.985. The predicted octanol–water partition coefficient (Wildman–Crippen LogP) is -0.109. The summed E-state index contributed by atoms with van der Waals surface area (Å²) in [6.45, 7) is 3.38. The van der Waals surface area contributed by atoms with Crippen LogP contribution in [0.2, 0.25) is 0 Å². The number of nitrogens with zero attached hydrogens (tertiary/aromatic N) is 1. The lowest BCUT2D eigenvalue weighted by molar-refractivity contribution is -0.0667. The van der Waals surface area contributed by atoms with Crippen LogP contribution in [-0.4, -0.2) is 49.3 Å². The molecule has 1 unspecified atom stereocenters. The largest absolute Gasteiger partial charge is 0.506 e. The van der Waals surface area contributed by atoms with Gasteiger partial charge in [-0.3, -0.25) is 0 Å². The average Bonchev–Trinajstić information content (AvgIpc) is 2.39. The Morgan fingerprint density at radius 1 is 1.28 bits per heavy atom. The van der Waals surface area contributed by atoms with Crippen molar-refractivity contribution in [3.63, 3.8) is 0 Å². The van der Waals surface area contributed by atoms with Crippen molar-refractivity contribution in [3.05, 3.63) is 12.1 Å². The summed E-state index contributed by atoms with van der Waals surface area (Å²) in [5.74, 6) is 1.13. The highest BCUT2D eigenvalue weighted by atomic mass is 16.7. The number of nitrogens with one attached hydrogen (secondary N) is 1. The van der Waals surface area contributed by atoms with Gasteiger partial charge in [-0.2, -0.15) is 0 Å². The molecule has 18 heavy (non-hydrogen) atoms. The SMILES string of the molecule is Oc1ccc2c(c1N1CCNCC1)OC(O)CO2. The van der Waals surface area contributed by atoms with E-state index in [0.717, 1.165) is 26.2 Å². The minimum atomic E-state index is -0.985. The van der Waals surface area contributed by atoms with Crippen LogP contribution in [0, 0.1) is 0 Å². The van der Waals surface area contributed by atoms with Crippen molar-refractivity contribution < 1.29 is 19.7 Å². The number of aromatic hydroxyl groups is 1. The Morgan fingerprint density at radius 3 is 2.83 bits per heavy atom. The predicted molar refractivity (Wildman–Crippen MR) is 65.3 cm³/mol. The van der Waals surface area contributed by atoms with Crippen LogP contribution in [0.1, 0.15) is 0 Å². The molecule has 2 aliphatic heterocycles. The van der Waals surface area contributed by atoms with E-state index in [1.807, 2.05) is 4.90 Å². The smallest absolute Gasteiger partial charge is 0.232 e. The molecule has 3 rings (SSSR count). The van der Waals surface area contributed by atoms with Gasteiger partial charge in [0.15, 0.2) is 18.1 Å². The number of piperazine rings is 1. The van der Waals surface area contributed by atoms with E-state index in [9.17, 15) is 10.2 Å². The molecule has 1 aromatic carbocycles. The summed E-state index contributed by atoms with van der Waals surface area (Å²) in [5, 5.41) is 22.8. The molecule has 98 valence electrons. The Bertz CT molecular complexity index is 446. The third kappa shape index (κ3) is 1.93. The maximum absolute atomic E-state index is 10.0. The maximum Gasteiger partial charge on any atom is 0.232 e. The minimum absolute atomic E-state index is 0.110. The Morgan fingerprint density at radius 2 is 2.06 bits per heavy atom. The number of benzene rings is 1. The first-order valence-electron chi connectivity index (χ1n) is 6.05. The van der Waals surface area contributed by atoms with E-state index < -0.39 is 6.29 Å². The molecule has 0 radical (unpaired) electrons. The van der Waals surface area contributed by atoms with Crippen molar-refractivity contribution in [2.75, 3.05) is 37.7 Å². The number of phenolic OH excluding ortho intramolecular Hbond substituents is 1. The zero-order valence-corrected chi connectivity index (χ0v) is 9.93. The number of aliphatic hydroxyl groups is 1. The van der Waals surface area contributed by atoms with Gasteiger partial charge in [-0.05, 0) is 12.1 Å². The van der Waals surface area contributed by atoms with Crippen LogP contribution in [0.15, 0.2) is 12.1 Å². The van der Waals surface area contributed by atoms with Gasteiger partial charge in [0.2, 0.25) is 6.29 Å². The van der Waals surface area contributed by atoms with E-state index in [1.165, 1.54) is 0 Å². The number of hydrogen-bond acceptors (Lipinski definition) is 6. The summed E-state index contributed by atoms with van der Waals surface area (Å²) in [5.41, 5.74) is 0.604. The molecule has 0 saturated carbocycles. The normalized spacial score (nSPS) is 22.9. The Labute approximate surface area is 105 Å². The third-order valence-corrected chi connectivity index (χ3v) is 3.14. The highest BCUT2D eigenvalue weighted by molar-refractivity contribution is 5.72. The van der Waals surface area contributed by atoms with Crippen molar-refractivity contribution in [1.82, 2.24) is 5.32 Å². The van der Waals surface area contributed by atoms with E-state index in [2.05, 4.69) is 5.32 Å². The number of ether oxygens (including phenoxy) is 2. The van der Waals surface area contributed by atoms with Gasteiger partial charge in [0, 0.05) is 26.2 Å². The molecule has 0 spiro atoms. The zero-order chi connectivity index (χ0) is 12.5. The second-order valence-electron chi connectivity index (χ2n) is 4.38. The lowest BCUT2D eigenvalue weighted by atomic mass is 10.2. The lowest BCUT2D eigenvalue weighted by Gasteiger charge is -2.33. The van der Waals surface area contributed by atoms with Gasteiger partial charge in [0.05, 0.1) is 0 Å². The monoisotopic (exact) mass is 252 g/mol. The first-order valence-corrected chi connectivity index (χ1v) is 6.05. The van der Waals surface area contributed by atoms with Gasteiger partial charge in [-0.15, -0.1) is 0 Å². The summed E-state index contributed by atoms with van der Waals surface area (Å²) >= 11 is 0. The van der Waals surface area contributed by atoms with E-state index in [-0.39, 0.29) is 12.4 Å².